The minimum absolute atomic E-state index is 0.368. The molecule has 0 fully saturated rings. The Morgan fingerprint density at radius 3 is 1.13 bits per heavy atom. The van der Waals surface area contributed by atoms with Gasteiger partial charge in [-0.2, -0.15) is 0 Å². The van der Waals surface area contributed by atoms with Gasteiger partial charge in [0.2, 0.25) is 5.91 Å². The topological polar surface area (TPSA) is 110 Å². The number of nitrogens with one attached hydrogen (secondary N) is 1. The molecule has 0 aliphatic heterocycles. The van der Waals surface area contributed by atoms with E-state index in [0.717, 1.165) is 38.5 Å². The fourth-order valence-electron chi connectivity index (χ4n) is 7.46. The van der Waals surface area contributed by atoms with E-state index in [9.17, 15) is 25.2 Å². The van der Waals surface area contributed by atoms with Crippen LogP contribution in [0, 0.1) is 0 Å². The van der Waals surface area contributed by atoms with E-state index >= 15 is 0 Å². The third kappa shape index (κ3) is 36.4. The summed E-state index contributed by atoms with van der Waals surface area (Å²) >= 11 is 0. The zero-order chi connectivity index (χ0) is 38.9. The molecule has 0 saturated heterocycles. The molecule has 0 aliphatic carbocycles. The summed E-state index contributed by atoms with van der Waals surface area (Å²) < 4.78 is 0. The van der Waals surface area contributed by atoms with Gasteiger partial charge in [-0.3, -0.25) is 4.79 Å². The van der Waals surface area contributed by atoms with Gasteiger partial charge in [0.15, 0.2) is 0 Å². The summed E-state index contributed by atoms with van der Waals surface area (Å²) in [6.45, 7) is 4.04. The monoisotopic (exact) mass is 752 g/mol. The highest BCUT2D eigenvalue weighted by Gasteiger charge is 2.28. The van der Waals surface area contributed by atoms with E-state index in [1.165, 1.54) is 186 Å². The van der Waals surface area contributed by atoms with Crippen molar-refractivity contribution in [2.75, 3.05) is 6.61 Å². The summed E-state index contributed by atoms with van der Waals surface area (Å²) in [5.74, 6) is -0.590. The lowest BCUT2D eigenvalue weighted by atomic mass is 10.00. The molecule has 0 aromatic heterocycles. The molecule has 0 saturated carbocycles. The van der Waals surface area contributed by atoms with E-state index in [2.05, 4.69) is 31.3 Å². The molecule has 0 heterocycles. The molecule has 4 unspecified atom stereocenters. The number of allylic oxidation sites excluding steroid dienone is 2. The van der Waals surface area contributed by atoms with Crippen LogP contribution < -0.4 is 5.32 Å². The summed E-state index contributed by atoms with van der Waals surface area (Å²) in [5.41, 5.74) is 0. The van der Waals surface area contributed by atoms with Gasteiger partial charge in [-0.25, -0.2) is 0 Å². The Morgan fingerprint density at radius 2 is 0.774 bits per heavy atom. The molecule has 6 nitrogen and oxygen atoms in total. The first-order chi connectivity index (χ1) is 26.0. The van der Waals surface area contributed by atoms with Gasteiger partial charge in [-0.15, -0.1) is 0 Å². The average molecular weight is 752 g/mol. The van der Waals surface area contributed by atoms with Crippen LogP contribution in [0.3, 0.4) is 0 Å². The second-order valence-corrected chi connectivity index (χ2v) is 16.5. The zero-order valence-corrected chi connectivity index (χ0v) is 35.5. The molecule has 0 aromatic rings. The lowest BCUT2D eigenvalue weighted by Crippen LogP contribution is -2.53. The standard InChI is InChI=1S/C47H93NO5/c1-3-5-7-9-11-13-15-17-18-19-20-21-22-23-24-25-26-27-28-29-31-33-35-37-39-41-45(51)47(53)48-43(42-49)46(52)44(50)40-38-36-34-32-30-16-14-12-10-8-6-4-2/h32,34,43-46,49-52H,3-31,33,35-42H2,1-2H3,(H,48,53)/b34-32+. The van der Waals surface area contributed by atoms with E-state index in [0.29, 0.717) is 12.8 Å². The van der Waals surface area contributed by atoms with E-state index in [-0.39, 0.29) is 0 Å². The molecule has 0 bridgehead atoms. The van der Waals surface area contributed by atoms with Crippen LogP contribution in [0.4, 0.5) is 0 Å². The molecule has 0 spiro atoms. The van der Waals surface area contributed by atoms with E-state index < -0.39 is 36.9 Å². The summed E-state index contributed by atoms with van der Waals surface area (Å²) in [7, 11) is 0. The van der Waals surface area contributed by atoms with E-state index in [1.54, 1.807) is 0 Å². The Kier molecular flexibility index (Phi) is 41.4. The van der Waals surface area contributed by atoms with Gasteiger partial charge in [0.05, 0.1) is 18.8 Å². The lowest BCUT2D eigenvalue weighted by Gasteiger charge is -2.27. The first kappa shape index (κ1) is 52.0. The number of hydrogen-bond donors (Lipinski definition) is 5. The Labute approximate surface area is 330 Å². The normalized spacial score (nSPS) is 14.2. The molecule has 0 rings (SSSR count). The number of rotatable bonds is 43. The third-order valence-electron chi connectivity index (χ3n) is 11.2. The van der Waals surface area contributed by atoms with Crippen molar-refractivity contribution in [3.05, 3.63) is 12.2 Å². The number of carbonyl (C=O) groups is 1. The largest absolute Gasteiger partial charge is 0.394 e. The highest BCUT2D eigenvalue weighted by Crippen LogP contribution is 2.17. The highest BCUT2D eigenvalue weighted by atomic mass is 16.3. The van der Waals surface area contributed by atoms with E-state index in [1.807, 2.05) is 0 Å². The summed E-state index contributed by atoms with van der Waals surface area (Å²) in [6, 6.07) is -0.996. The molecular formula is C47H93NO5. The first-order valence-electron chi connectivity index (χ1n) is 23.6. The summed E-state index contributed by atoms with van der Waals surface area (Å²) in [4.78, 5) is 12.5. The predicted molar refractivity (Wildman–Crippen MR) is 228 cm³/mol. The summed E-state index contributed by atoms with van der Waals surface area (Å²) in [6.07, 6.45) is 46.9. The maximum absolute atomic E-state index is 12.5. The second kappa shape index (κ2) is 42.2. The molecule has 4 atom stereocenters. The number of hydrogen-bond acceptors (Lipinski definition) is 5. The maximum Gasteiger partial charge on any atom is 0.249 e. The molecule has 53 heavy (non-hydrogen) atoms. The number of amides is 1. The SMILES string of the molecule is CCCCCCCCC/C=C/CCCC(O)C(O)C(CO)NC(=O)C(O)CCCCCCCCCCCCCCCCCCCCCCCCCCC. The Bertz CT molecular complexity index is 761. The highest BCUT2D eigenvalue weighted by molar-refractivity contribution is 5.80. The third-order valence-corrected chi connectivity index (χ3v) is 11.2. The van der Waals surface area contributed by atoms with Crippen molar-refractivity contribution in [3.8, 4) is 0 Å². The summed E-state index contributed by atoms with van der Waals surface area (Å²) in [5, 5.41) is 43.6. The molecule has 1 amide bonds. The van der Waals surface area contributed by atoms with Crippen LogP contribution in [0.15, 0.2) is 12.2 Å². The van der Waals surface area contributed by atoms with Crippen molar-refractivity contribution in [3.63, 3.8) is 0 Å². The van der Waals surface area contributed by atoms with Gasteiger partial charge in [-0.05, 0) is 38.5 Å². The molecule has 6 heteroatoms. The fourth-order valence-corrected chi connectivity index (χ4v) is 7.46. The van der Waals surface area contributed by atoms with Gasteiger partial charge in [0.1, 0.15) is 12.2 Å². The van der Waals surface area contributed by atoms with Crippen LogP contribution in [-0.4, -0.2) is 57.3 Å². The van der Waals surface area contributed by atoms with Gasteiger partial charge in [0, 0.05) is 0 Å². The van der Waals surface area contributed by atoms with Crippen LogP contribution in [0.5, 0.6) is 0 Å². The smallest absolute Gasteiger partial charge is 0.249 e. The molecule has 0 aromatic carbocycles. The van der Waals surface area contributed by atoms with Crippen LogP contribution in [0.1, 0.15) is 251 Å². The van der Waals surface area contributed by atoms with Crippen molar-refractivity contribution in [2.45, 2.75) is 276 Å². The zero-order valence-electron chi connectivity index (χ0n) is 35.5. The second-order valence-electron chi connectivity index (χ2n) is 16.5. The molecular weight excluding hydrogens is 659 g/mol. The van der Waals surface area contributed by atoms with Gasteiger partial charge < -0.3 is 25.7 Å². The van der Waals surface area contributed by atoms with Crippen molar-refractivity contribution in [1.82, 2.24) is 5.32 Å². The number of aliphatic hydroxyl groups excluding tert-OH is 4. The predicted octanol–water partition coefficient (Wildman–Crippen LogP) is 12.6. The first-order valence-corrected chi connectivity index (χ1v) is 23.6. The number of unbranched alkanes of at least 4 members (excludes halogenated alkanes) is 32. The van der Waals surface area contributed by atoms with Crippen molar-refractivity contribution >= 4 is 5.91 Å². The maximum atomic E-state index is 12.5. The van der Waals surface area contributed by atoms with Crippen molar-refractivity contribution in [1.29, 1.82) is 0 Å². The van der Waals surface area contributed by atoms with Crippen LogP contribution >= 0.6 is 0 Å². The molecule has 5 N–H and O–H groups in total. The number of carbonyl (C=O) groups excluding carboxylic acids is 1. The van der Waals surface area contributed by atoms with E-state index in [4.69, 9.17) is 0 Å². The van der Waals surface area contributed by atoms with Crippen LogP contribution in [0.2, 0.25) is 0 Å². The van der Waals surface area contributed by atoms with Gasteiger partial charge in [-0.1, -0.05) is 225 Å². The van der Waals surface area contributed by atoms with Gasteiger partial charge in [0.25, 0.3) is 0 Å². The minimum atomic E-state index is -1.28. The minimum Gasteiger partial charge on any atom is -0.394 e. The van der Waals surface area contributed by atoms with Crippen molar-refractivity contribution in [2.24, 2.45) is 0 Å². The number of aliphatic hydroxyl groups is 4. The van der Waals surface area contributed by atoms with Gasteiger partial charge >= 0.3 is 0 Å². The van der Waals surface area contributed by atoms with Crippen molar-refractivity contribution < 1.29 is 25.2 Å². The van der Waals surface area contributed by atoms with Crippen LogP contribution in [0.25, 0.3) is 0 Å². The molecule has 0 radical (unpaired) electrons. The Morgan fingerprint density at radius 1 is 0.453 bits per heavy atom. The lowest BCUT2D eigenvalue weighted by molar-refractivity contribution is -0.132. The molecule has 0 aliphatic rings. The quantitative estimate of drug-likeness (QED) is 0.0315. The Balaban J connectivity index is 3.63. The fraction of sp³-hybridized carbons (Fsp3) is 0.936. The molecule has 316 valence electrons. The van der Waals surface area contributed by atoms with Crippen LogP contribution in [-0.2, 0) is 4.79 Å². The Hall–Kier alpha value is -0.950. The average Bonchev–Trinajstić information content (AvgIpc) is 3.16.